The van der Waals surface area contributed by atoms with Crippen molar-refractivity contribution in [3.8, 4) is 11.6 Å². The van der Waals surface area contributed by atoms with Gasteiger partial charge in [0.25, 0.3) is 5.91 Å². The van der Waals surface area contributed by atoms with Crippen LogP contribution in [0, 0.1) is 0 Å². The standard InChI is InChI=1S/C15H17N3O3/c1-3-21-14-8-12(17-10-18-14)15(19)16-9-11-6-4-5-7-13(11)20-2/h4-8,10H,3,9H2,1-2H3,(H,16,19). The first-order valence-electron chi connectivity index (χ1n) is 6.59. The lowest BCUT2D eigenvalue weighted by Gasteiger charge is -2.09. The molecule has 1 N–H and O–H groups in total. The Morgan fingerprint density at radius 1 is 1.29 bits per heavy atom. The SMILES string of the molecule is CCOc1cc(C(=O)NCc2ccccc2OC)ncn1. The summed E-state index contributed by atoms with van der Waals surface area (Å²) < 4.78 is 10.5. The van der Waals surface area contributed by atoms with Gasteiger partial charge in [-0.25, -0.2) is 9.97 Å². The maximum absolute atomic E-state index is 12.1. The van der Waals surface area contributed by atoms with E-state index in [0.29, 0.717) is 19.0 Å². The topological polar surface area (TPSA) is 73.3 Å². The Morgan fingerprint density at radius 2 is 2.10 bits per heavy atom. The van der Waals surface area contributed by atoms with Crippen molar-refractivity contribution in [2.24, 2.45) is 0 Å². The fraction of sp³-hybridized carbons (Fsp3) is 0.267. The van der Waals surface area contributed by atoms with Gasteiger partial charge in [-0.2, -0.15) is 0 Å². The molecule has 0 spiro atoms. The first kappa shape index (κ1) is 14.8. The fourth-order valence-corrected chi connectivity index (χ4v) is 1.81. The van der Waals surface area contributed by atoms with Crippen LogP contribution < -0.4 is 14.8 Å². The van der Waals surface area contributed by atoms with E-state index < -0.39 is 0 Å². The van der Waals surface area contributed by atoms with Gasteiger partial charge < -0.3 is 14.8 Å². The largest absolute Gasteiger partial charge is 0.496 e. The number of rotatable bonds is 6. The van der Waals surface area contributed by atoms with Crippen LogP contribution in [0.3, 0.4) is 0 Å². The van der Waals surface area contributed by atoms with Crippen molar-refractivity contribution in [1.29, 1.82) is 0 Å². The molecule has 21 heavy (non-hydrogen) atoms. The summed E-state index contributed by atoms with van der Waals surface area (Å²) in [5, 5.41) is 2.79. The summed E-state index contributed by atoms with van der Waals surface area (Å²) in [6.45, 7) is 2.69. The number of nitrogens with one attached hydrogen (secondary N) is 1. The van der Waals surface area contributed by atoms with Crippen LogP contribution in [-0.2, 0) is 6.54 Å². The molecule has 0 fully saturated rings. The van der Waals surface area contributed by atoms with E-state index in [2.05, 4.69) is 15.3 Å². The van der Waals surface area contributed by atoms with Crippen molar-refractivity contribution in [1.82, 2.24) is 15.3 Å². The molecule has 1 aromatic carbocycles. The van der Waals surface area contributed by atoms with Crippen LogP contribution in [0.25, 0.3) is 0 Å². The minimum absolute atomic E-state index is 0.267. The van der Waals surface area contributed by atoms with Crippen LogP contribution in [0.2, 0.25) is 0 Å². The van der Waals surface area contributed by atoms with Crippen molar-refractivity contribution in [3.63, 3.8) is 0 Å². The van der Waals surface area contributed by atoms with Crippen LogP contribution in [-0.4, -0.2) is 29.6 Å². The number of ether oxygens (including phenoxy) is 2. The molecular formula is C15H17N3O3. The number of nitrogens with zero attached hydrogens (tertiary/aromatic N) is 2. The number of carbonyl (C=O) groups excluding carboxylic acids is 1. The molecule has 2 rings (SSSR count). The molecule has 1 amide bonds. The molecule has 0 aliphatic rings. The molecule has 0 atom stereocenters. The normalized spacial score (nSPS) is 10.0. The van der Waals surface area contributed by atoms with E-state index in [4.69, 9.17) is 9.47 Å². The lowest BCUT2D eigenvalue weighted by atomic mass is 10.2. The second-order valence-corrected chi connectivity index (χ2v) is 4.17. The zero-order valence-electron chi connectivity index (χ0n) is 12.0. The van der Waals surface area contributed by atoms with Crippen LogP contribution in [0.15, 0.2) is 36.7 Å². The van der Waals surface area contributed by atoms with Crippen LogP contribution in [0.4, 0.5) is 0 Å². The van der Waals surface area contributed by atoms with E-state index in [-0.39, 0.29) is 11.6 Å². The Balaban J connectivity index is 2.03. The Labute approximate surface area is 123 Å². The predicted molar refractivity (Wildman–Crippen MR) is 77.4 cm³/mol. The van der Waals surface area contributed by atoms with E-state index in [9.17, 15) is 4.79 Å². The Hall–Kier alpha value is -2.63. The van der Waals surface area contributed by atoms with Crippen LogP contribution >= 0.6 is 0 Å². The number of amides is 1. The zero-order chi connectivity index (χ0) is 15.1. The molecule has 0 saturated carbocycles. The molecule has 6 heteroatoms. The number of aromatic nitrogens is 2. The Bertz CT molecular complexity index is 617. The molecule has 0 unspecified atom stereocenters. The van der Waals surface area contributed by atoms with Gasteiger partial charge in [0.2, 0.25) is 5.88 Å². The number of hydrogen-bond donors (Lipinski definition) is 1. The van der Waals surface area contributed by atoms with Crippen molar-refractivity contribution in [3.05, 3.63) is 47.9 Å². The summed E-state index contributed by atoms with van der Waals surface area (Å²) in [4.78, 5) is 19.9. The van der Waals surface area contributed by atoms with E-state index in [1.54, 1.807) is 7.11 Å². The second-order valence-electron chi connectivity index (χ2n) is 4.17. The van der Waals surface area contributed by atoms with E-state index in [0.717, 1.165) is 11.3 Å². The summed E-state index contributed by atoms with van der Waals surface area (Å²) in [6, 6.07) is 9.02. The summed E-state index contributed by atoms with van der Waals surface area (Å²) in [5.74, 6) is 0.828. The highest BCUT2D eigenvalue weighted by Crippen LogP contribution is 2.16. The molecule has 0 bridgehead atoms. The van der Waals surface area contributed by atoms with Gasteiger partial charge in [-0.3, -0.25) is 4.79 Å². The molecule has 0 radical (unpaired) electrons. The third-order valence-electron chi connectivity index (χ3n) is 2.80. The third-order valence-corrected chi connectivity index (χ3v) is 2.80. The average Bonchev–Trinajstić information content (AvgIpc) is 2.53. The van der Waals surface area contributed by atoms with Gasteiger partial charge in [0.15, 0.2) is 0 Å². The van der Waals surface area contributed by atoms with E-state index >= 15 is 0 Å². The number of para-hydroxylation sites is 1. The third kappa shape index (κ3) is 3.92. The maximum Gasteiger partial charge on any atom is 0.270 e. The average molecular weight is 287 g/mol. The van der Waals surface area contributed by atoms with Gasteiger partial charge in [-0.15, -0.1) is 0 Å². The van der Waals surface area contributed by atoms with Crippen molar-refractivity contribution < 1.29 is 14.3 Å². The minimum Gasteiger partial charge on any atom is -0.496 e. The first-order chi connectivity index (χ1) is 10.2. The molecule has 2 aromatic rings. The van der Waals surface area contributed by atoms with Crippen LogP contribution in [0.5, 0.6) is 11.6 Å². The van der Waals surface area contributed by atoms with Crippen LogP contribution in [0.1, 0.15) is 23.0 Å². The molecule has 1 heterocycles. The quantitative estimate of drug-likeness (QED) is 0.877. The molecule has 0 aliphatic carbocycles. The molecule has 0 aliphatic heterocycles. The highest BCUT2D eigenvalue weighted by molar-refractivity contribution is 5.92. The lowest BCUT2D eigenvalue weighted by molar-refractivity contribution is 0.0945. The van der Waals surface area contributed by atoms with Crippen molar-refractivity contribution in [2.45, 2.75) is 13.5 Å². The molecule has 6 nitrogen and oxygen atoms in total. The summed E-state index contributed by atoms with van der Waals surface area (Å²) in [5.41, 5.74) is 1.16. The second kappa shape index (κ2) is 7.23. The Morgan fingerprint density at radius 3 is 2.86 bits per heavy atom. The number of methoxy groups -OCH3 is 1. The number of hydrogen-bond acceptors (Lipinski definition) is 5. The highest BCUT2D eigenvalue weighted by Gasteiger charge is 2.10. The zero-order valence-corrected chi connectivity index (χ0v) is 12.0. The van der Waals surface area contributed by atoms with Gasteiger partial charge in [-0.1, -0.05) is 18.2 Å². The predicted octanol–water partition coefficient (Wildman–Crippen LogP) is 1.81. The number of benzene rings is 1. The summed E-state index contributed by atoms with van der Waals surface area (Å²) in [7, 11) is 1.60. The van der Waals surface area contributed by atoms with E-state index in [1.165, 1.54) is 12.4 Å². The molecule has 1 aromatic heterocycles. The first-order valence-corrected chi connectivity index (χ1v) is 6.59. The molecular weight excluding hydrogens is 270 g/mol. The summed E-state index contributed by atoms with van der Waals surface area (Å²) in [6.07, 6.45) is 1.31. The fourth-order valence-electron chi connectivity index (χ4n) is 1.81. The monoisotopic (exact) mass is 287 g/mol. The smallest absolute Gasteiger partial charge is 0.270 e. The van der Waals surface area contributed by atoms with Gasteiger partial charge in [0, 0.05) is 18.2 Å². The van der Waals surface area contributed by atoms with Gasteiger partial charge >= 0.3 is 0 Å². The maximum atomic E-state index is 12.1. The minimum atomic E-state index is -0.288. The van der Waals surface area contributed by atoms with Crippen molar-refractivity contribution in [2.75, 3.05) is 13.7 Å². The molecule has 110 valence electrons. The summed E-state index contributed by atoms with van der Waals surface area (Å²) >= 11 is 0. The van der Waals surface area contributed by atoms with Crippen molar-refractivity contribution >= 4 is 5.91 Å². The lowest BCUT2D eigenvalue weighted by Crippen LogP contribution is -2.24. The van der Waals surface area contributed by atoms with Gasteiger partial charge in [0.05, 0.1) is 13.7 Å². The number of carbonyl (C=O) groups is 1. The Kier molecular flexibility index (Phi) is 5.09. The van der Waals surface area contributed by atoms with Gasteiger partial charge in [0.1, 0.15) is 17.8 Å². The highest BCUT2D eigenvalue weighted by atomic mass is 16.5. The van der Waals surface area contributed by atoms with Gasteiger partial charge in [-0.05, 0) is 13.0 Å². The molecule has 0 saturated heterocycles. The van der Waals surface area contributed by atoms with E-state index in [1.807, 2.05) is 31.2 Å².